The zero-order chi connectivity index (χ0) is 13.8. The molecule has 1 aliphatic rings. The molecule has 0 bridgehead atoms. The lowest BCUT2D eigenvalue weighted by Gasteiger charge is -2.19. The number of pyridine rings is 1. The average Bonchev–Trinajstić information content (AvgIpc) is 2.36. The highest BCUT2D eigenvalue weighted by molar-refractivity contribution is 5.68. The highest BCUT2D eigenvalue weighted by atomic mass is 16.4. The largest absolute Gasteiger partial charge is 0.481 e. The van der Waals surface area contributed by atoms with Crippen molar-refractivity contribution in [2.45, 2.75) is 45.1 Å². The molecule has 5 heteroatoms. The van der Waals surface area contributed by atoms with Crippen molar-refractivity contribution in [3.63, 3.8) is 0 Å². The fraction of sp³-hybridized carbons (Fsp3) is 0.500. The van der Waals surface area contributed by atoms with E-state index in [1.807, 2.05) is 6.07 Å². The van der Waals surface area contributed by atoms with E-state index in [1.165, 1.54) is 0 Å². The zero-order valence-corrected chi connectivity index (χ0v) is 10.9. The molecule has 0 radical (unpaired) electrons. The van der Waals surface area contributed by atoms with Gasteiger partial charge in [-0.1, -0.05) is 0 Å². The van der Waals surface area contributed by atoms with Crippen LogP contribution in [0, 0.1) is 11.3 Å². The van der Waals surface area contributed by atoms with E-state index in [0.717, 1.165) is 36.9 Å². The highest BCUT2D eigenvalue weighted by Gasteiger charge is 2.17. The van der Waals surface area contributed by atoms with Crippen LogP contribution in [0.4, 0.5) is 5.82 Å². The minimum atomic E-state index is -0.864. The van der Waals surface area contributed by atoms with E-state index < -0.39 is 5.97 Å². The minimum absolute atomic E-state index is 0.00360. The number of carboxylic acids is 1. The van der Waals surface area contributed by atoms with Gasteiger partial charge in [0.2, 0.25) is 0 Å². The number of aryl methyl sites for hydroxylation is 2. The Labute approximate surface area is 112 Å². The molecule has 0 aliphatic heterocycles. The molecule has 2 rings (SSSR count). The van der Waals surface area contributed by atoms with Gasteiger partial charge in [0.15, 0.2) is 0 Å². The van der Waals surface area contributed by atoms with E-state index in [1.54, 1.807) is 6.92 Å². The number of nitriles is 1. The van der Waals surface area contributed by atoms with Crippen LogP contribution in [0.2, 0.25) is 0 Å². The van der Waals surface area contributed by atoms with Crippen LogP contribution in [0.25, 0.3) is 0 Å². The molecule has 1 aliphatic carbocycles. The fourth-order valence-corrected chi connectivity index (χ4v) is 2.38. The Balaban J connectivity index is 2.24. The van der Waals surface area contributed by atoms with Gasteiger partial charge in [-0.15, -0.1) is 0 Å². The molecular formula is C14H17N3O2. The van der Waals surface area contributed by atoms with E-state index >= 15 is 0 Å². The molecule has 0 aromatic carbocycles. The third-order valence-electron chi connectivity index (χ3n) is 3.29. The van der Waals surface area contributed by atoms with Gasteiger partial charge < -0.3 is 10.4 Å². The molecule has 1 aromatic rings. The van der Waals surface area contributed by atoms with E-state index in [0.29, 0.717) is 11.4 Å². The number of rotatable bonds is 4. The van der Waals surface area contributed by atoms with Crippen LogP contribution in [0.1, 0.15) is 43.0 Å². The molecule has 1 heterocycles. The Morgan fingerprint density at radius 2 is 2.32 bits per heavy atom. The van der Waals surface area contributed by atoms with Crippen molar-refractivity contribution in [3.05, 3.63) is 22.9 Å². The number of carbonyl (C=O) groups is 1. The van der Waals surface area contributed by atoms with Gasteiger partial charge in [-0.25, -0.2) is 4.98 Å². The van der Waals surface area contributed by atoms with Gasteiger partial charge in [0.05, 0.1) is 12.0 Å². The van der Waals surface area contributed by atoms with Crippen LogP contribution in [0.5, 0.6) is 0 Å². The maximum absolute atomic E-state index is 10.7. The Kier molecular flexibility index (Phi) is 4.00. The van der Waals surface area contributed by atoms with Gasteiger partial charge in [-0.05, 0) is 44.2 Å². The lowest BCUT2D eigenvalue weighted by Crippen LogP contribution is -2.21. The highest BCUT2D eigenvalue weighted by Crippen LogP contribution is 2.24. The molecule has 0 saturated carbocycles. The molecule has 100 valence electrons. The van der Waals surface area contributed by atoms with Crippen molar-refractivity contribution in [1.82, 2.24) is 4.98 Å². The molecular weight excluding hydrogens is 242 g/mol. The Bertz CT molecular complexity index is 534. The number of hydrogen-bond donors (Lipinski definition) is 2. The van der Waals surface area contributed by atoms with Gasteiger partial charge in [-0.3, -0.25) is 4.79 Å². The topological polar surface area (TPSA) is 86.0 Å². The average molecular weight is 259 g/mol. The summed E-state index contributed by atoms with van der Waals surface area (Å²) in [5.74, 6) is -0.353. The third-order valence-corrected chi connectivity index (χ3v) is 3.29. The second-order valence-corrected chi connectivity index (χ2v) is 4.95. The summed E-state index contributed by atoms with van der Waals surface area (Å²) in [7, 11) is 0. The number of aliphatic carboxylic acids is 1. The standard InChI is InChI=1S/C14H17N3O2/c1-9(6-13(18)19)16-14-11(8-15)7-10-4-2-3-5-12(10)17-14/h7,9H,2-6H2,1H3,(H,16,17)(H,18,19). The first-order chi connectivity index (χ1) is 9.10. The normalized spacial score (nSPS) is 15.2. The first-order valence-electron chi connectivity index (χ1n) is 6.51. The van der Waals surface area contributed by atoms with E-state index in [-0.39, 0.29) is 12.5 Å². The van der Waals surface area contributed by atoms with Crippen molar-refractivity contribution < 1.29 is 9.90 Å². The molecule has 0 saturated heterocycles. The first kappa shape index (κ1) is 13.3. The predicted molar refractivity (Wildman–Crippen MR) is 70.9 cm³/mol. The third kappa shape index (κ3) is 3.22. The number of anilines is 1. The van der Waals surface area contributed by atoms with Crippen molar-refractivity contribution in [2.75, 3.05) is 5.32 Å². The summed E-state index contributed by atoms with van der Waals surface area (Å²) < 4.78 is 0. The number of nitrogens with zero attached hydrogens (tertiary/aromatic N) is 2. The smallest absolute Gasteiger partial charge is 0.305 e. The molecule has 5 nitrogen and oxygen atoms in total. The van der Waals surface area contributed by atoms with Gasteiger partial charge in [-0.2, -0.15) is 5.26 Å². The van der Waals surface area contributed by atoms with Gasteiger partial charge >= 0.3 is 5.97 Å². The molecule has 2 N–H and O–H groups in total. The lowest BCUT2D eigenvalue weighted by molar-refractivity contribution is -0.137. The number of hydrogen-bond acceptors (Lipinski definition) is 4. The van der Waals surface area contributed by atoms with Crippen LogP contribution >= 0.6 is 0 Å². The summed E-state index contributed by atoms with van der Waals surface area (Å²) >= 11 is 0. The predicted octanol–water partition coefficient (Wildman–Crippen LogP) is 2.11. The van der Waals surface area contributed by atoms with Crippen LogP contribution in [0.15, 0.2) is 6.07 Å². The summed E-state index contributed by atoms with van der Waals surface area (Å²) in [6, 6.07) is 3.77. The SMILES string of the molecule is CC(CC(=O)O)Nc1nc2c(cc1C#N)CCCC2. The molecule has 19 heavy (non-hydrogen) atoms. The summed E-state index contributed by atoms with van der Waals surface area (Å²) in [5.41, 5.74) is 2.69. The summed E-state index contributed by atoms with van der Waals surface area (Å²) in [5, 5.41) is 21.0. The van der Waals surface area contributed by atoms with Crippen LogP contribution in [-0.2, 0) is 17.6 Å². The minimum Gasteiger partial charge on any atom is -0.481 e. The van der Waals surface area contributed by atoms with Gasteiger partial charge in [0.25, 0.3) is 0 Å². The number of nitrogens with one attached hydrogen (secondary N) is 1. The summed E-state index contributed by atoms with van der Waals surface area (Å²) in [6.07, 6.45) is 4.17. The molecule has 0 amide bonds. The van der Waals surface area contributed by atoms with Crippen molar-refractivity contribution in [2.24, 2.45) is 0 Å². The molecule has 0 spiro atoms. The molecule has 0 fully saturated rings. The maximum atomic E-state index is 10.7. The Morgan fingerprint density at radius 3 is 3.00 bits per heavy atom. The summed E-state index contributed by atoms with van der Waals surface area (Å²) in [6.45, 7) is 1.77. The van der Waals surface area contributed by atoms with Gasteiger partial charge in [0, 0.05) is 11.7 Å². The number of carboxylic acid groups (broad SMARTS) is 1. The molecule has 1 unspecified atom stereocenters. The Hall–Kier alpha value is -2.09. The zero-order valence-electron chi connectivity index (χ0n) is 10.9. The number of fused-ring (bicyclic) bond motifs is 1. The van der Waals surface area contributed by atoms with Crippen LogP contribution in [0.3, 0.4) is 0 Å². The first-order valence-corrected chi connectivity index (χ1v) is 6.51. The molecule has 1 atom stereocenters. The van der Waals surface area contributed by atoms with Gasteiger partial charge in [0.1, 0.15) is 11.9 Å². The van der Waals surface area contributed by atoms with E-state index in [2.05, 4.69) is 16.4 Å². The van der Waals surface area contributed by atoms with E-state index in [9.17, 15) is 4.79 Å². The lowest BCUT2D eigenvalue weighted by atomic mass is 9.95. The maximum Gasteiger partial charge on any atom is 0.305 e. The second kappa shape index (κ2) is 5.70. The van der Waals surface area contributed by atoms with E-state index in [4.69, 9.17) is 10.4 Å². The quantitative estimate of drug-likeness (QED) is 0.864. The fourth-order valence-electron chi connectivity index (χ4n) is 2.38. The number of aromatic nitrogens is 1. The summed E-state index contributed by atoms with van der Waals surface area (Å²) in [4.78, 5) is 15.2. The van der Waals surface area contributed by atoms with Crippen LogP contribution in [-0.4, -0.2) is 22.1 Å². The van der Waals surface area contributed by atoms with Crippen molar-refractivity contribution in [1.29, 1.82) is 5.26 Å². The molecule has 1 aromatic heterocycles. The monoisotopic (exact) mass is 259 g/mol. The Morgan fingerprint density at radius 1 is 1.58 bits per heavy atom. The van der Waals surface area contributed by atoms with Crippen molar-refractivity contribution in [3.8, 4) is 6.07 Å². The van der Waals surface area contributed by atoms with Crippen molar-refractivity contribution >= 4 is 11.8 Å². The second-order valence-electron chi connectivity index (χ2n) is 4.95. The van der Waals surface area contributed by atoms with Crippen LogP contribution < -0.4 is 5.32 Å².